The van der Waals surface area contributed by atoms with Crippen LogP contribution in [0.2, 0.25) is 0 Å². The summed E-state index contributed by atoms with van der Waals surface area (Å²) in [5.74, 6) is 0.828. The lowest BCUT2D eigenvalue weighted by Crippen LogP contribution is -2.48. The van der Waals surface area contributed by atoms with Crippen molar-refractivity contribution in [2.45, 2.75) is 64.0 Å². The van der Waals surface area contributed by atoms with E-state index in [1.807, 2.05) is 48.7 Å². The highest BCUT2D eigenvalue weighted by Gasteiger charge is 2.33. The van der Waals surface area contributed by atoms with Crippen LogP contribution in [0.5, 0.6) is 11.5 Å². The first-order chi connectivity index (χ1) is 20.5. The molecule has 1 aromatic heterocycles. The summed E-state index contributed by atoms with van der Waals surface area (Å²) in [6, 6.07) is 21.0. The number of amides is 2. The number of nitrogens with zero attached hydrogens (tertiary/aromatic N) is 1. The molecule has 42 heavy (non-hydrogen) atoms. The number of ether oxygens (including phenoxy) is 2. The van der Waals surface area contributed by atoms with Gasteiger partial charge in [0.2, 0.25) is 11.8 Å². The standard InChI is InChI=1S/C35H41N3O4/c1-24-10-9-11-25(20-24)18-19-38(33(39)22-27-23-36-30-15-8-7-14-29(27)30)34(35(40)37-28-12-5-4-6-13-28)26-16-17-31(41-2)32(21-26)42-3/h7-11,14-17,20-21,23,28,34,36H,4-6,12-13,18-19,22H2,1-3H3,(H,37,40). The minimum atomic E-state index is -0.825. The zero-order valence-electron chi connectivity index (χ0n) is 24.8. The highest BCUT2D eigenvalue weighted by Crippen LogP contribution is 2.33. The Labute approximate surface area is 248 Å². The number of H-pyrrole nitrogens is 1. The topological polar surface area (TPSA) is 83.7 Å². The zero-order chi connectivity index (χ0) is 29.5. The van der Waals surface area contributed by atoms with Crippen LogP contribution in [0.15, 0.2) is 72.9 Å². The van der Waals surface area contributed by atoms with E-state index in [4.69, 9.17) is 9.47 Å². The van der Waals surface area contributed by atoms with Crippen molar-refractivity contribution in [2.24, 2.45) is 0 Å². The fourth-order valence-electron chi connectivity index (χ4n) is 6.08. The number of aromatic amines is 1. The SMILES string of the molecule is COc1ccc(C(C(=O)NC2CCCCC2)N(CCc2cccc(C)c2)C(=O)Cc2c[nH]c3ccccc23)cc1OC. The molecule has 5 rings (SSSR count). The summed E-state index contributed by atoms with van der Waals surface area (Å²) in [4.78, 5) is 33.6. The molecule has 7 nitrogen and oxygen atoms in total. The lowest BCUT2D eigenvalue weighted by Gasteiger charge is -2.34. The van der Waals surface area contributed by atoms with Crippen molar-refractivity contribution in [3.8, 4) is 11.5 Å². The van der Waals surface area contributed by atoms with E-state index in [1.165, 1.54) is 6.42 Å². The molecule has 1 aliphatic carbocycles. The molecule has 2 N–H and O–H groups in total. The molecular weight excluding hydrogens is 526 g/mol. The van der Waals surface area contributed by atoms with Gasteiger partial charge >= 0.3 is 0 Å². The number of nitrogens with one attached hydrogen (secondary N) is 2. The smallest absolute Gasteiger partial charge is 0.247 e. The number of carbonyl (C=O) groups excluding carboxylic acids is 2. The van der Waals surface area contributed by atoms with E-state index in [-0.39, 0.29) is 24.3 Å². The van der Waals surface area contributed by atoms with Gasteiger partial charge in [-0.25, -0.2) is 0 Å². The van der Waals surface area contributed by atoms with E-state index in [0.29, 0.717) is 30.0 Å². The second kappa shape index (κ2) is 13.6. The van der Waals surface area contributed by atoms with E-state index in [1.54, 1.807) is 25.2 Å². The first-order valence-electron chi connectivity index (χ1n) is 14.9. The van der Waals surface area contributed by atoms with Gasteiger partial charge in [-0.2, -0.15) is 0 Å². The van der Waals surface area contributed by atoms with Crippen molar-refractivity contribution < 1.29 is 19.1 Å². The summed E-state index contributed by atoms with van der Waals surface area (Å²) in [7, 11) is 3.17. The summed E-state index contributed by atoms with van der Waals surface area (Å²) in [5.41, 5.74) is 4.87. The fourth-order valence-corrected chi connectivity index (χ4v) is 6.08. The summed E-state index contributed by atoms with van der Waals surface area (Å²) in [5, 5.41) is 4.32. The fraction of sp³-hybridized carbons (Fsp3) is 0.371. The molecule has 1 unspecified atom stereocenters. The van der Waals surface area contributed by atoms with Crippen molar-refractivity contribution in [3.05, 3.63) is 95.2 Å². The average Bonchev–Trinajstić information content (AvgIpc) is 3.41. The normalized spacial score (nSPS) is 14.4. The Morgan fingerprint density at radius 3 is 2.50 bits per heavy atom. The lowest BCUT2D eigenvalue weighted by atomic mass is 9.94. The molecule has 1 aliphatic rings. The third-order valence-electron chi connectivity index (χ3n) is 8.30. The molecule has 0 saturated heterocycles. The van der Waals surface area contributed by atoms with Crippen molar-refractivity contribution in [3.63, 3.8) is 0 Å². The first-order valence-corrected chi connectivity index (χ1v) is 14.9. The van der Waals surface area contributed by atoms with Crippen molar-refractivity contribution in [2.75, 3.05) is 20.8 Å². The number of fused-ring (bicyclic) bond motifs is 1. The number of carbonyl (C=O) groups is 2. The monoisotopic (exact) mass is 567 g/mol. The maximum atomic E-state index is 14.3. The minimum absolute atomic E-state index is 0.106. The van der Waals surface area contributed by atoms with Crippen molar-refractivity contribution >= 4 is 22.7 Å². The summed E-state index contributed by atoms with van der Waals surface area (Å²) >= 11 is 0. The Bertz CT molecular complexity index is 1520. The molecule has 1 atom stereocenters. The van der Waals surface area contributed by atoms with Gasteiger partial charge in [0.05, 0.1) is 20.6 Å². The number of methoxy groups -OCH3 is 2. The first kappa shape index (κ1) is 29.2. The summed E-state index contributed by atoms with van der Waals surface area (Å²) in [6.07, 6.45) is 8.01. The van der Waals surface area contributed by atoms with Crippen molar-refractivity contribution in [1.82, 2.24) is 15.2 Å². The molecule has 220 valence electrons. The highest BCUT2D eigenvalue weighted by atomic mass is 16.5. The van der Waals surface area contributed by atoms with Crippen LogP contribution in [0.4, 0.5) is 0 Å². The Kier molecular flexibility index (Phi) is 9.47. The molecule has 2 amide bonds. The van der Waals surface area contributed by atoms with E-state index in [2.05, 4.69) is 35.4 Å². The summed E-state index contributed by atoms with van der Waals surface area (Å²) < 4.78 is 11.1. The minimum Gasteiger partial charge on any atom is -0.493 e. The number of benzene rings is 3. The van der Waals surface area contributed by atoms with Gasteiger partial charge < -0.3 is 24.7 Å². The molecule has 0 bridgehead atoms. The molecule has 7 heteroatoms. The quantitative estimate of drug-likeness (QED) is 0.223. The van der Waals surface area contributed by atoms with E-state index in [9.17, 15) is 9.59 Å². The zero-order valence-corrected chi connectivity index (χ0v) is 24.8. The van der Waals surface area contributed by atoms with Gasteiger partial charge in [0, 0.05) is 29.7 Å². The average molecular weight is 568 g/mol. The van der Waals surface area contributed by atoms with Gasteiger partial charge in [0.25, 0.3) is 0 Å². The second-order valence-electron chi connectivity index (χ2n) is 11.2. The Hall–Kier alpha value is -4.26. The Morgan fingerprint density at radius 1 is 0.952 bits per heavy atom. The molecule has 0 spiro atoms. The summed E-state index contributed by atoms with van der Waals surface area (Å²) in [6.45, 7) is 2.45. The molecule has 0 aliphatic heterocycles. The van der Waals surface area contributed by atoms with Gasteiger partial charge in [-0.3, -0.25) is 9.59 Å². The van der Waals surface area contributed by atoms with E-state index < -0.39 is 6.04 Å². The van der Waals surface area contributed by atoms with Crippen LogP contribution in [0, 0.1) is 6.92 Å². The molecular formula is C35H41N3O4. The molecule has 1 saturated carbocycles. The van der Waals surface area contributed by atoms with Crippen LogP contribution >= 0.6 is 0 Å². The van der Waals surface area contributed by atoms with E-state index >= 15 is 0 Å². The maximum Gasteiger partial charge on any atom is 0.247 e. The van der Waals surface area contributed by atoms with Gasteiger partial charge in [-0.15, -0.1) is 0 Å². The van der Waals surface area contributed by atoms with Gasteiger partial charge in [-0.1, -0.05) is 73.4 Å². The van der Waals surface area contributed by atoms with Crippen LogP contribution < -0.4 is 14.8 Å². The number of aryl methyl sites for hydroxylation is 1. The van der Waals surface area contributed by atoms with Crippen LogP contribution in [-0.4, -0.2) is 48.5 Å². The molecule has 4 aromatic rings. The highest BCUT2D eigenvalue weighted by molar-refractivity contribution is 5.92. The molecule has 1 heterocycles. The number of aromatic nitrogens is 1. The Balaban J connectivity index is 1.53. The molecule has 0 radical (unpaired) electrons. The maximum absolute atomic E-state index is 14.3. The molecule has 1 fully saturated rings. The van der Waals surface area contributed by atoms with Crippen molar-refractivity contribution in [1.29, 1.82) is 0 Å². The van der Waals surface area contributed by atoms with Crippen LogP contribution in [0.3, 0.4) is 0 Å². The van der Waals surface area contributed by atoms with Gasteiger partial charge in [0.15, 0.2) is 11.5 Å². The van der Waals surface area contributed by atoms with Crippen LogP contribution in [0.1, 0.15) is 60.4 Å². The van der Waals surface area contributed by atoms with Crippen LogP contribution in [-0.2, 0) is 22.4 Å². The predicted molar refractivity (Wildman–Crippen MR) is 166 cm³/mol. The predicted octanol–water partition coefficient (Wildman–Crippen LogP) is 6.30. The largest absolute Gasteiger partial charge is 0.493 e. The number of para-hydroxylation sites is 1. The van der Waals surface area contributed by atoms with Crippen LogP contribution in [0.25, 0.3) is 10.9 Å². The van der Waals surface area contributed by atoms with Gasteiger partial charge in [0.1, 0.15) is 6.04 Å². The second-order valence-corrected chi connectivity index (χ2v) is 11.2. The lowest BCUT2D eigenvalue weighted by molar-refractivity contribution is -0.140. The van der Waals surface area contributed by atoms with Gasteiger partial charge in [-0.05, 0) is 61.1 Å². The van der Waals surface area contributed by atoms with E-state index in [0.717, 1.165) is 53.3 Å². The number of hydrogen-bond donors (Lipinski definition) is 2. The number of rotatable bonds is 11. The third-order valence-corrected chi connectivity index (χ3v) is 8.30. The molecule has 3 aromatic carbocycles. The Morgan fingerprint density at radius 2 is 1.74 bits per heavy atom. The number of hydrogen-bond acceptors (Lipinski definition) is 4. The third kappa shape index (κ3) is 6.78.